The van der Waals surface area contributed by atoms with Gasteiger partial charge in [-0.25, -0.2) is 8.78 Å². The van der Waals surface area contributed by atoms with Gasteiger partial charge in [-0.2, -0.15) is 5.26 Å². The van der Waals surface area contributed by atoms with Crippen LogP contribution >= 0.6 is 0 Å². The summed E-state index contributed by atoms with van der Waals surface area (Å²) >= 11 is 0. The maximum atomic E-state index is 14.2. The Bertz CT molecular complexity index is 728. The molecule has 0 aliphatic heterocycles. The Morgan fingerprint density at radius 2 is 2.05 bits per heavy atom. The van der Waals surface area contributed by atoms with Gasteiger partial charge >= 0.3 is 0 Å². The largest absolute Gasteiger partial charge is 0.205 e. The highest BCUT2D eigenvalue weighted by Gasteiger charge is 2.20. The highest BCUT2D eigenvalue weighted by atomic mass is 19.1. The van der Waals surface area contributed by atoms with E-state index in [1.165, 1.54) is 11.6 Å². The molecule has 1 unspecified atom stereocenters. The zero-order valence-corrected chi connectivity index (χ0v) is 11.3. The summed E-state index contributed by atoms with van der Waals surface area (Å²) in [5.74, 6) is -0.851. The van der Waals surface area contributed by atoms with Crippen LogP contribution in [0.1, 0.15) is 36.5 Å². The number of benzene rings is 2. The molecule has 2 aromatic rings. The van der Waals surface area contributed by atoms with E-state index in [1.807, 2.05) is 6.07 Å². The smallest absolute Gasteiger partial charge is 0.151 e. The van der Waals surface area contributed by atoms with Gasteiger partial charge in [0.05, 0.1) is 0 Å². The molecule has 3 rings (SSSR count). The third-order valence-corrected chi connectivity index (χ3v) is 4.37. The Morgan fingerprint density at radius 3 is 2.75 bits per heavy atom. The van der Waals surface area contributed by atoms with E-state index in [1.54, 1.807) is 12.1 Å². The normalized spacial score (nSPS) is 17.8. The van der Waals surface area contributed by atoms with Crippen molar-refractivity contribution in [1.29, 1.82) is 5.26 Å². The maximum absolute atomic E-state index is 14.2. The standard InChI is InChI=1S/C17H15F2N/c1-2-10-3-4-11-7-14-13(6-12(11)5-10)8-16(18)15(9-20)17(14)19/h6-8,10H,2-5H2,1H3. The van der Waals surface area contributed by atoms with Crippen LogP contribution in [-0.2, 0) is 12.8 Å². The van der Waals surface area contributed by atoms with Gasteiger partial charge in [0, 0.05) is 5.39 Å². The van der Waals surface area contributed by atoms with Gasteiger partial charge in [-0.1, -0.05) is 19.4 Å². The lowest BCUT2D eigenvalue weighted by Gasteiger charge is -2.24. The molecule has 3 heteroatoms. The third-order valence-electron chi connectivity index (χ3n) is 4.37. The van der Waals surface area contributed by atoms with Gasteiger partial charge in [-0.15, -0.1) is 0 Å². The highest BCUT2D eigenvalue weighted by Crippen LogP contribution is 2.33. The van der Waals surface area contributed by atoms with Crippen LogP contribution in [0.3, 0.4) is 0 Å². The van der Waals surface area contributed by atoms with Gasteiger partial charge < -0.3 is 0 Å². The summed E-state index contributed by atoms with van der Waals surface area (Å²) in [5.41, 5.74) is 1.84. The molecule has 0 amide bonds. The Hall–Kier alpha value is -1.95. The van der Waals surface area contributed by atoms with Crippen molar-refractivity contribution >= 4 is 10.8 Å². The Morgan fingerprint density at radius 1 is 1.25 bits per heavy atom. The molecule has 0 N–H and O–H groups in total. The Kier molecular flexibility index (Phi) is 3.17. The van der Waals surface area contributed by atoms with Crippen LogP contribution in [0.4, 0.5) is 8.78 Å². The fourth-order valence-corrected chi connectivity index (χ4v) is 3.11. The van der Waals surface area contributed by atoms with E-state index >= 15 is 0 Å². The molecule has 0 aromatic heterocycles. The van der Waals surface area contributed by atoms with E-state index in [-0.39, 0.29) is 0 Å². The minimum atomic E-state index is -0.777. The average molecular weight is 271 g/mol. The van der Waals surface area contributed by atoms with E-state index in [2.05, 4.69) is 6.92 Å². The number of hydrogen-bond donors (Lipinski definition) is 0. The van der Waals surface area contributed by atoms with Crippen LogP contribution in [0, 0.1) is 28.9 Å². The van der Waals surface area contributed by atoms with Crippen LogP contribution in [0.25, 0.3) is 10.8 Å². The molecule has 1 atom stereocenters. The van der Waals surface area contributed by atoms with E-state index < -0.39 is 17.2 Å². The fourth-order valence-electron chi connectivity index (χ4n) is 3.11. The summed E-state index contributed by atoms with van der Waals surface area (Å²) in [4.78, 5) is 0. The van der Waals surface area contributed by atoms with Gasteiger partial charge in [-0.3, -0.25) is 0 Å². The van der Waals surface area contributed by atoms with Crippen LogP contribution < -0.4 is 0 Å². The van der Waals surface area contributed by atoms with Crippen molar-refractivity contribution < 1.29 is 8.78 Å². The van der Waals surface area contributed by atoms with Crippen molar-refractivity contribution in [2.75, 3.05) is 0 Å². The number of halogens is 2. The fraction of sp³-hybridized carbons (Fsp3) is 0.353. The summed E-state index contributed by atoms with van der Waals surface area (Å²) < 4.78 is 27.9. The molecule has 1 aliphatic rings. The van der Waals surface area contributed by atoms with Gasteiger partial charge in [0.2, 0.25) is 0 Å². The van der Waals surface area contributed by atoms with Gasteiger partial charge in [0.1, 0.15) is 17.4 Å². The summed E-state index contributed by atoms with van der Waals surface area (Å²) in [6.45, 7) is 2.18. The first kappa shape index (κ1) is 13.1. The monoisotopic (exact) mass is 271 g/mol. The lowest BCUT2D eigenvalue weighted by Crippen LogP contribution is -2.13. The molecular formula is C17H15F2N. The minimum absolute atomic E-state index is 0.358. The number of nitriles is 1. The van der Waals surface area contributed by atoms with Crippen molar-refractivity contribution in [3.63, 3.8) is 0 Å². The van der Waals surface area contributed by atoms with Crippen LogP contribution in [0.15, 0.2) is 18.2 Å². The number of nitrogens with zero attached hydrogens (tertiary/aromatic N) is 1. The van der Waals surface area contributed by atoms with E-state index in [0.717, 1.165) is 31.2 Å². The number of aryl methyl sites for hydroxylation is 1. The topological polar surface area (TPSA) is 23.8 Å². The predicted molar refractivity (Wildman–Crippen MR) is 74.4 cm³/mol. The number of hydrogen-bond acceptors (Lipinski definition) is 1. The van der Waals surface area contributed by atoms with E-state index in [0.29, 0.717) is 16.7 Å². The van der Waals surface area contributed by atoms with Crippen molar-refractivity contribution in [3.05, 3.63) is 46.5 Å². The molecule has 1 nitrogen and oxygen atoms in total. The Balaban J connectivity index is 2.21. The molecule has 0 saturated heterocycles. The van der Waals surface area contributed by atoms with Gasteiger partial charge in [0.15, 0.2) is 5.82 Å². The zero-order valence-electron chi connectivity index (χ0n) is 11.3. The molecule has 0 saturated carbocycles. The van der Waals surface area contributed by atoms with Crippen molar-refractivity contribution in [2.45, 2.75) is 32.6 Å². The molecule has 0 heterocycles. The minimum Gasteiger partial charge on any atom is -0.205 e. The second-order valence-corrected chi connectivity index (χ2v) is 5.52. The molecular weight excluding hydrogens is 256 g/mol. The van der Waals surface area contributed by atoms with Crippen LogP contribution in [0.5, 0.6) is 0 Å². The zero-order chi connectivity index (χ0) is 14.3. The molecule has 0 spiro atoms. The van der Waals surface area contributed by atoms with Gasteiger partial charge in [0.25, 0.3) is 0 Å². The van der Waals surface area contributed by atoms with E-state index in [9.17, 15) is 8.78 Å². The summed E-state index contributed by atoms with van der Waals surface area (Å²) in [5, 5.41) is 9.74. The third kappa shape index (κ3) is 1.96. The maximum Gasteiger partial charge on any atom is 0.151 e. The van der Waals surface area contributed by atoms with Gasteiger partial charge in [-0.05, 0) is 53.8 Å². The average Bonchev–Trinajstić information content (AvgIpc) is 2.45. The lowest BCUT2D eigenvalue weighted by molar-refractivity contribution is 0.445. The second-order valence-electron chi connectivity index (χ2n) is 5.52. The van der Waals surface area contributed by atoms with Crippen LogP contribution in [-0.4, -0.2) is 0 Å². The predicted octanol–water partition coefficient (Wildman–Crippen LogP) is 4.50. The second kappa shape index (κ2) is 4.86. The lowest BCUT2D eigenvalue weighted by atomic mass is 9.81. The van der Waals surface area contributed by atoms with Crippen LogP contribution in [0.2, 0.25) is 0 Å². The molecule has 0 fully saturated rings. The molecule has 0 bridgehead atoms. The molecule has 102 valence electrons. The molecule has 0 radical (unpaired) electrons. The van der Waals surface area contributed by atoms with Crippen molar-refractivity contribution in [1.82, 2.24) is 0 Å². The summed E-state index contributed by atoms with van der Waals surface area (Å²) in [6.07, 6.45) is 4.16. The first-order valence-corrected chi connectivity index (χ1v) is 6.97. The first-order chi connectivity index (χ1) is 9.63. The molecule has 20 heavy (non-hydrogen) atoms. The highest BCUT2D eigenvalue weighted by molar-refractivity contribution is 5.86. The van der Waals surface area contributed by atoms with Crippen molar-refractivity contribution in [2.24, 2.45) is 5.92 Å². The van der Waals surface area contributed by atoms with E-state index in [4.69, 9.17) is 5.26 Å². The van der Waals surface area contributed by atoms with Crippen molar-refractivity contribution in [3.8, 4) is 6.07 Å². The first-order valence-electron chi connectivity index (χ1n) is 6.97. The molecule has 1 aliphatic carbocycles. The summed E-state index contributed by atoms with van der Waals surface area (Å²) in [7, 11) is 0. The SMILES string of the molecule is CCC1CCc2cc3c(F)c(C#N)c(F)cc3cc2C1. The Labute approximate surface area is 116 Å². The molecule has 2 aromatic carbocycles. The summed E-state index contributed by atoms with van der Waals surface area (Å²) in [6, 6.07) is 6.56. The number of rotatable bonds is 1. The number of fused-ring (bicyclic) bond motifs is 2. The quantitative estimate of drug-likeness (QED) is 0.749.